The summed E-state index contributed by atoms with van der Waals surface area (Å²) in [5.74, 6) is -0.556. The van der Waals surface area contributed by atoms with Crippen LogP contribution in [0.3, 0.4) is 0 Å². The molecule has 0 aliphatic carbocycles. The Morgan fingerprint density at radius 2 is 2.08 bits per heavy atom. The number of fused-ring (bicyclic) bond motifs is 1. The molecule has 0 radical (unpaired) electrons. The van der Waals surface area contributed by atoms with Crippen molar-refractivity contribution in [2.24, 2.45) is 0 Å². The van der Waals surface area contributed by atoms with Gasteiger partial charge in [0.15, 0.2) is 5.69 Å². The fraction of sp³-hybridized carbons (Fsp3) is 0.294. The maximum Gasteiger partial charge on any atom is 0.359 e. The molecule has 0 N–H and O–H groups in total. The predicted molar refractivity (Wildman–Crippen MR) is 92.1 cm³/mol. The molecule has 1 aromatic carbocycles. The van der Waals surface area contributed by atoms with E-state index in [1.165, 1.54) is 28.2 Å². The maximum atomic E-state index is 12.1. The average Bonchev–Trinajstić information content (AvgIpc) is 3.02. The molecule has 0 saturated carbocycles. The highest BCUT2D eigenvalue weighted by Gasteiger charge is 2.13. The van der Waals surface area contributed by atoms with Gasteiger partial charge in [0, 0.05) is 12.6 Å². The number of carbonyl (C=O) groups excluding carboxylic acids is 1. The second-order valence-corrected chi connectivity index (χ2v) is 6.40. The first-order chi connectivity index (χ1) is 11.7. The van der Waals surface area contributed by atoms with Crippen LogP contribution in [0.25, 0.3) is 10.2 Å². The highest BCUT2D eigenvalue weighted by molar-refractivity contribution is 7.18. The number of ether oxygens (including phenoxy) is 1. The molecule has 0 spiro atoms. The largest absolute Gasteiger partial charge is 0.454 e. The van der Waals surface area contributed by atoms with Crippen LogP contribution in [0.2, 0.25) is 0 Å². The Morgan fingerprint density at radius 3 is 2.88 bits per heavy atom. The Bertz CT molecular complexity index is 884. The number of aryl methyl sites for hydroxylation is 1. The lowest BCUT2D eigenvalue weighted by Gasteiger charge is -2.06. The van der Waals surface area contributed by atoms with Crippen molar-refractivity contribution in [3.63, 3.8) is 0 Å². The number of para-hydroxylation sites is 1. The molecule has 0 amide bonds. The molecule has 0 aliphatic rings. The fourth-order valence-corrected chi connectivity index (χ4v) is 3.09. The third kappa shape index (κ3) is 3.68. The molecule has 124 valence electrons. The standard InChI is InChI=1S/C17H17N3O3S/c1-2-3-10-20-16(21)9-8-13(19-20)17(22)23-11-15-18-12-6-4-5-7-14(12)24-15/h4-9H,2-3,10-11H2,1H3. The highest BCUT2D eigenvalue weighted by Crippen LogP contribution is 2.22. The normalized spacial score (nSPS) is 10.9. The number of rotatable bonds is 6. The lowest BCUT2D eigenvalue weighted by atomic mass is 10.3. The number of hydrogen-bond donors (Lipinski definition) is 0. The van der Waals surface area contributed by atoms with Crippen LogP contribution < -0.4 is 5.56 Å². The van der Waals surface area contributed by atoms with Crippen LogP contribution in [-0.4, -0.2) is 20.7 Å². The third-order valence-corrected chi connectivity index (χ3v) is 4.47. The highest BCUT2D eigenvalue weighted by atomic mass is 32.1. The van der Waals surface area contributed by atoms with Gasteiger partial charge in [0.05, 0.1) is 10.2 Å². The number of hydrogen-bond acceptors (Lipinski definition) is 6. The van der Waals surface area contributed by atoms with Crippen molar-refractivity contribution in [2.75, 3.05) is 0 Å². The summed E-state index contributed by atoms with van der Waals surface area (Å²) < 4.78 is 7.63. The van der Waals surface area contributed by atoms with Gasteiger partial charge in [-0.15, -0.1) is 11.3 Å². The summed E-state index contributed by atoms with van der Waals surface area (Å²) in [5, 5.41) is 4.80. The second-order valence-electron chi connectivity index (χ2n) is 5.28. The SMILES string of the molecule is CCCCn1nc(C(=O)OCc2nc3ccccc3s2)ccc1=O. The summed E-state index contributed by atoms with van der Waals surface area (Å²) in [6.07, 6.45) is 1.78. The number of unbranched alkanes of at least 4 members (excludes halogenated alkanes) is 1. The summed E-state index contributed by atoms with van der Waals surface area (Å²) >= 11 is 1.49. The number of carbonyl (C=O) groups is 1. The van der Waals surface area contributed by atoms with E-state index in [0.29, 0.717) is 6.54 Å². The van der Waals surface area contributed by atoms with Crippen LogP contribution in [0.1, 0.15) is 35.3 Å². The van der Waals surface area contributed by atoms with Gasteiger partial charge in [0.25, 0.3) is 5.56 Å². The zero-order valence-electron chi connectivity index (χ0n) is 13.3. The van der Waals surface area contributed by atoms with Crippen molar-refractivity contribution in [1.29, 1.82) is 0 Å². The van der Waals surface area contributed by atoms with Gasteiger partial charge >= 0.3 is 5.97 Å². The van der Waals surface area contributed by atoms with Gasteiger partial charge < -0.3 is 4.74 Å². The van der Waals surface area contributed by atoms with E-state index in [1.54, 1.807) is 0 Å². The van der Waals surface area contributed by atoms with Crippen LogP contribution in [0.5, 0.6) is 0 Å². The van der Waals surface area contributed by atoms with Crippen molar-refractivity contribution >= 4 is 27.5 Å². The Morgan fingerprint density at radius 1 is 1.25 bits per heavy atom. The summed E-state index contributed by atoms with van der Waals surface area (Å²) in [6.45, 7) is 2.61. The molecule has 6 nitrogen and oxygen atoms in total. The van der Waals surface area contributed by atoms with E-state index in [4.69, 9.17) is 4.74 Å². The first-order valence-corrected chi connectivity index (χ1v) is 8.59. The van der Waals surface area contributed by atoms with E-state index >= 15 is 0 Å². The van der Waals surface area contributed by atoms with E-state index in [9.17, 15) is 9.59 Å². The van der Waals surface area contributed by atoms with Crippen LogP contribution in [0.4, 0.5) is 0 Å². The Kier molecular flexibility index (Phi) is 5.00. The van der Waals surface area contributed by atoms with Crippen molar-refractivity contribution in [3.8, 4) is 0 Å². The molecule has 3 aromatic rings. The molecular weight excluding hydrogens is 326 g/mol. The summed E-state index contributed by atoms with van der Waals surface area (Å²) in [7, 11) is 0. The molecule has 0 atom stereocenters. The van der Waals surface area contributed by atoms with Crippen LogP contribution in [-0.2, 0) is 17.9 Å². The van der Waals surface area contributed by atoms with E-state index in [2.05, 4.69) is 10.1 Å². The lowest BCUT2D eigenvalue weighted by molar-refractivity contribution is 0.0462. The molecule has 2 heterocycles. The Hall–Kier alpha value is -2.54. The zero-order chi connectivity index (χ0) is 16.9. The molecule has 24 heavy (non-hydrogen) atoms. The summed E-state index contributed by atoms with van der Waals surface area (Å²) in [4.78, 5) is 28.3. The minimum absolute atomic E-state index is 0.0912. The minimum atomic E-state index is -0.556. The molecule has 3 rings (SSSR count). The quantitative estimate of drug-likeness (QED) is 0.643. The molecule has 7 heteroatoms. The molecule has 0 aliphatic heterocycles. The Balaban J connectivity index is 1.69. The minimum Gasteiger partial charge on any atom is -0.454 e. The lowest BCUT2D eigenvalue weighted by Crippen LogP contribution is -2.25. The topological polar surface area (TPSA) is 74.1 Å². The van der Waals surface area contributed by atoms with Crippen LogP contribution in [0.15, 0.2) is 41.2 Å². The van der Waals surface area contributed by atoms with Gasteiger partial charge in [-0.2, -0.15) is 5.10 Å². The number of aromatic nitrogens is 3. The summed E-state index contributed by atoms with van der Waals surface area (Å²) in [5.41, 5.74) is 0.803. The van der Waals surface area contributed by atoms with Gasteiger partial charge in [-0.25, -0.2) is 14.5 Å². The van der Waals surface area contributed by atoms with Gasteiger partial charge in [0.2, 0.25) is 0 Å². The van der Waals surface area contributed by atoms with E-state index in [0.717, 1.165) is 28.1 Å². The third-order valence-electron chi connectivity index (χ3n) is 3.46. The number of benzene rings is 1. The molecular formula is C17H17N3O3S. The van der Waals surface area contributed by atoms with Crippen molar-refractivity contribution in [3.05, 3.63) is 57.5 Å². The fourth-order valence-electron chi connectivity index (χ4n) is 2.21. The molecule has 0 saturated heterocycles. The second kappa shape index (κ2) is 7.35. The van der Waals surface area contributed by atoms with E-state index < -0.39 is 5.97 Å². The van der Waals surface area contributed by atoms with Crippen molar-refractivity contribution in [1.82, 2.24) is 14.8 Å². The monoisotopic (exact) mass is 343 g/mol. The first kappa shape index (κ1) is 16.3. The van der Waals surface area contributed by atoms with Gasteiger partial charge in [-0.1, -0.05) is 25.5 Å². The Labute approximate surface area is 142 Å². The van der Waals surface area contributed by atoms with E-state index in [1.807, 2.05) is 31.2 Å². The maximum absolute atomic E-state index is 12.1. The zero-order valence-corrected chi connectivity index (χ0v) is 14.1. The molecule has 0 bridgehead atoms. The van der Waals surface area contributed by atoms with Crippen molar-refractivity contribution < 1.29 is 9.53 Å². The van der Waals surface area contributed by atoms with Crippen LogP contribution >= 0.6 is 11.3 Å². The van der Waals surface area contributed by atoms with Crippen molar-refractivity contribution in [2.45, 2.75) is 32.9 Å². The average molecular weight is 343 g/mol. The van der Waals surface area contributed by atoms with Gasteiger partial charge in [0.1, 0.15) is 11.6 Å². The van der Waals surface area contributed by atoms with Gasteiger partial charge in [-0.3, -0.25) is 4.79 Å². The van der Waals surface area contributed by atoms with Crippen LogP contribution in [0, 0.1) is 0 Å². The smallest absolute Gasteiger partial charge is 0.359 e. The van der Waals surface area contributed by atoms with Gasteiger partial charge in [-0.05, 0) is 24.6 Å². The molecule has 0 fully saturated rings. The predicted octanol–water partition coefficient (Wildman–Crippen LogP) is 3.01. The number of nitrogens with zero attached hydrogens (tertiary/aromatic N) is 3. The summed E-state index contributed by atoms with van der Waals surface area (Å²) in [6, 6.07) is 10.5. The number of thiazole rings is 1. The first-order valence-electron chi connectivity index (χ1n) is 7.77. The molecule has 0 unspecified atom stereocenters. The van der Waals surface area contributed by atoms with E-state index in [-0.39, 0.29) is 17.9 Å². The number of esters is 1. The molecule has 2 aromatic heterocycles.